The highest BCUT2D eigenvalue weighted by Gasteiger charge is 2.33. The van der Waals surface area contributed by atoms with Gasteiger partial charge in [0.05, 0.1) is 13.2 Å². The van der Waals surface area contributed by atoms with Gasteiger partial charge in [-0.25, -0.2) is 0 Å². The van der Waals surface area contributed by atoms with Crippen molar-refractivity contribution < 1.29 is 19.4 Å². The molecule has 100 valence electrons. The second kappa shape index (κ2) is 6.93. The van der Waals surface area contributed by atoms with Crippen molar-refractivity contribution in [1.29, 1.82) is 0 Å². The Labute approximate surface area is 102 Å². The first-order chi connectivity index (χ1) is 8.11. The maximum atomic E-state index is 11.6. The standard InChI is InChI=1S/C12H23NO4/c1-3-5-10(11(14)17-4-2)13-8-12(15)6-7-16-9-12/h10,13,15H,3-9H2,1-2H3. The largest absolute Gasteiger partial charge is 0.465 e. The third kappa shape index (κ3) is 4.61. The highest BCUT2D eigenvalue weighted by Crippen LogP contribution is 2.17. The van der Waals surface area contributed by atoms with Gasteiger partial charge in [-0.05, 0) is 13.3 Å². The topological polar surface area (TPSA) is 67.8 Å². The smallest absolute Gasteiger partial charge is 0.323 e. The number of esters is 1. The lowest BCUT2D eigenvalue weighted by atomic mass is 10.0. The highest BCUT2D eigenvalue weighted by atomic mass is 16.5. The maximum Gasteiger partial charge on any atom is 0.323 e. The lowest BCUT2D eigenvalue weighted by Crippen LogP contribution is -2.48. The molecule has 0 radical (unpaired) electrons. The van der Waals surface area contributed by atoms with Crippen LogP contribution in [0.1, 0.15) is 33.1 Å². The van der Waals surface area contributed by atoms with Gasteiger partial charge in [0.25, 0.3) is 0 Å². The van der Waals surface area contributed by atoms with Crippen molar-refractivity contribution in [3.8, 4) is 0 Å². The fraction of sp³-hybridized carbons (Fsp3) is 0.917. The molecule has 1 aliphatic heterocycles. The van der Waals surface area contributed by atoms with E-state index in [4.69, 9.17) is 9.47 Å². The summed E-state index contributed by atoms with van der Waals surface area (Å²) < 4.78 is 10.1. The molecule has 1 aliphatic rings. The normalized spacial score (nSPS) is 25.8. The van der Waals surface area contributed by atoms with Gasteiger partial charge < -0.3 is 19.9 Å². The molecule has 0 saturated carbocycles. The second-order valence-corrected chi connectivity index (χ2v) is 4.50. The Morgan fingerprint density at radius 3 is 2.88 bits per heavy atom. The Bertz CT molecular complexity index is 239. The molecule has 1 fully saturated rings. The van der Waals surface area contributed by atoms with E-state index in [1.807, 2.05) is 6.92 Å². The van der Waals surface area contributed by atoms with Crippen molar-refractivity contribution >= 4 is 5.97 Å². The fourth-order valence-corrected chi connectivity index (χ4v) is 1.88. The van der Waals surface area contributed by atoms with E-state index in [9.17, 15) is 9.90 Å². The van der Waals surface area contributed by atoms with E-state index in [0.717, 1.165) is 12.8 Å². The monoisotopic (exact) mass is 245 g/mol. The first-order valence-electron chi connectivity index (χ1n) is 6.31. The number of hydrogen-bond acceptors (Lipinski definition) is 5. The number of aliphatic hydroxyl groups is 1. The second-order valence-electron chi connectivity index (χ2n) is 4.50. The van der Waals surface area contributed by atoms with Crippen molar-refractivity contribution in [3.63, 3.8) is 0 Å². The number of hydrogen-bond donors (Lipinski definition) is 2. The molecule has 1 rings (SSSR count). The summed E-state index contributed by atoms with van der Waals surface area (Å²) in [6.45, 7) is 5.48. The van der Waals surface area contributed by atoms with Crippen LogP contribution in [-0.2, 0) is 14.3 Å². The Hall–Kier alpha value is -0.650. The molecule has 2 N–H and O–H groups in total. The quantitative estimate of drug-likeness (QED) is 0.638. The van der Waals surface area contributed by atoms with Gasteiger partial charge in [0.1, 0.15) is 11.6 Å². The van der Waals surface area contributed by atoms with Gasteiger partial charge in [-0.3, -0.25) is 4.79 Å². The van der Waals surface area contributed by atoms with Crippen molar-refractivity contribution in [2.75, 3.05) is 26.4 Å². The van der Waals surface area contributed by atoms with E-state index in [1.165, 1.54) is 0 Å². The predicted molar refractivity (Wildman–Crippen MR) is 63.7 cm³/mol. The van der Waals surface area contributed by atoms with Gasteiger partial charge in [-0.1, -0.05) is 13.3 Å². The minimum atomic E-state index is -0.835. The Morgan fingerprint density at radius 1 is 1.59 bits per heavy atom. The average Bonchev–Trinajstić information content (AvgIpc) is 2.72. The Kier molecular flexibility index (Phi) is 5.88. The summed E-state index contributed by atoms with van der Waals surface area (Å²) in [5.41, 5.74) is -0.835. The Morgan fingerprint density at radius 2 is 2.35 bits per heavy atom. The molecular weight excluding hydrogens is 222 g/mol. The molecule has 0 aromatic carbocycles. The van der Waals surface area contributed by atoms with Gasteiger partial charge in [0, 0.05) is 19.6 Å². The van der Waals surface area contributed by atoms with E-state index in [1.54, 1.807) is 6.92 Å². The SMILES string of the molecule is CCCC(NCC1(O)CCOC1)C(=O)OCC. The first kappa shape index (κ1) is 14.4. The van der Waals surface area contributed by atoms with Gasteiger partial charge in [-0.2, -0.15) is 0 Å². The van der Waals surface area contributed by atoms with Crippen LogP contribution >= 0.6 is 0 Å². The number of ether oxygens (including phenoxy) is 2. The van der Waals surface area contributed by atoms with Crippen LogP contribution in [0.3, 0.4) is 0 Å². The van der Waals surface area contributed by atoms with E-state index in [-0.39, 0.29) is 12.0 Å². The maximum absolute atomic E-state index is 11.6. The molecule has 0 amide bonds. The third-order valence-corrected chi connectivity index (χ3v) is 2.91. The first-order valence-corrected chi connectivity index (χ1v) is 6.31. The predicted octanol–water partition coefficient (Wildman–Crippen LogP) is 0.459. The molecule has 1 heterocycles. The molecule has 2 atom stereocenters. The zero-order valence-corrected chi connectivity index (χ0v) is 10.7. The van der Waals surface area contributed by atoms with Gasteiger partial charge in [0.2, 0.25) is 0 Å². The van der Waals surface area contributed by atoms with Crippen LogP contribution in [0, 0.1) is 0 Å². The number of rotatable bonds is 7. The third-order valence-electron chi connectivity index (χ3n) is 2.91. The van der Waals surface area contributed by atoms with Crippen molar-refractivity contribution in [1.82, 2.24) is 5.32 Å². The molecule has 5 nitrogen and oxygen atoms in total. The van der Waals surface area contributed by atoms with Crippen LogP contribution in [-0.4, -0.2) is 49.1 Å². The summed E-state index contributed by atoms with van der Waals surface area (Å²) in [6.07, 6.45) is 2.23. The number of carbonyl (C=O) groups excluding carboxylic acids is 1. The molecule has 0 bridgehead atoms. The summed E-state index contributed by atoms with van der Waals surface area (Å²) in [4.78, 5) is 11.6. The summed E-state index contributed by atoms with van der Waals surface area (Å²) >= 11 is 0. The van der Waals surface area contributed by atoms with Crippen LogP contribution < -0.4 is 5.32 Å². The highest BCUT2D eigenvalue weighted by molar-refractivity contribution is 5.75. The molecule has 0 spiro atoms. The van der Waals surface area contributed by atoms with E-state index >= 15 is 0 Å². The molecule has 0 aliphatic carbocycles. The molecule has 1 saturated heterocycles. The van der Waals surface area contributed by atoms with Crippen LogP contribution in [0.5, 0.6) is 0 Å². The minimum absolute atomic E-state index is 0.239. The molecule has 5 heteroatoms. The number of carbonyl (C=O) groups is 1. The molecule has 2 unspecified atom stereocenters. The molecule has 0 aromatic heterocycles. The lowest BCUT2D eigenvalue weighted by molar-refractivity contribution is -0.146. The molecular formula is C12H23NO4. The van der Waals surface area contributed by atoms with Crippen LogP contribution in [0.4, 0.5) is 0 Å². The summed E-state index contributed by atoms with van der Waals surface area (Å²) in [5.74, 6) is -0.239. The van der Waals surface area contributed by atoms with Crippen molar-refractivity contribution in [2.24, 2.45) is 0 Å². The zero-order valence-electron chi connectivity index (χ0n) is 10.7. The van der Waals surface area contributed by atoms with Crippen LogP contribution in [0.25, 0.3) is 0 Å². The van der Waals surface area contributed by atoms with Gasteiger partial charge >= 0.3 is 5.97 Å². The van der Waals surface area contributed by atoms with Crippen molar-refractivity contribution in [2.45, 2.75) is 44.8 Å². The minimum Gasteiger partial charge on any atom is -0.465 e. The lowest BCUT2D eigenvalue weighted by Gasteiger charge is -2.24. The number of nitrogens with one attached hydrogen (secondary N) is 1. The van der Waals surface area contributed by atoms with Gasteiger partial charge in [0.15, 0.2) is 0 Å². The van der Waals surface area contributed by atoms with Crippen LogP contribution in [0.15, 0.2) is 0 Å². The van der Waals surface area contributed by atoms with E-state index in [0.29, 0.717) is 32.8 Å². The Balaban J connectivity index is 2.40. The molecule has 17 heavy (non-hydrogen) atoms. The van der Waals surface area contributed by atoms with Crippen molar-refractivity contribution in [3.05, 3.63) is 0 Å². The average molecular weight is 245 g/mol. The zero-order chi connectivity index (χ0) is 12.7. The van der Waals surface area contributed by atoms with Gasteiger partial charge in [-0.15, -0.1) is 0 Å². The summed E-state index contributed by atoms with van der Waals surface area (Å²) in [7, 11) is 0. The fourth-order valence-electron chi connectivity index (χ4n) is 1.88. The van der Waals surface area contributed by atoms with Crippen LogP contribution in [0.2, 0.25) is 0 Å². The van der Waals surface area contributed by atoms with E-state index in [2.05, 4.69) is 5.32 Å². The molecule has 0 aromatic rings. The summed E-state index contributed by atoms with van der Waals surface area (Å²) in [5, 5.41) is 13.2. The van der Waals surface area contributed by atoms with E-state index < -0.39 is 5.60 Å². The summed E-state index contributed by atoms with van der Waals surface area (Å²) in [6, 6.07) is -0.329.